The standard InChI is InChI=1S/C33H35FN6O4S/c1-19-24(16-22(34)17-25(19)37-33(43)44-28-15-21-7-5-6-8-27(21)45-28)26-18-40(4)32(42)30(36-26)35-23-11-9-20(10-12-23)29-31(41)39(3)14-13-38(29)2/h9-12,15-18,29H,5-8,13-14H2,1-4H3,(H,35,36)(H,37,43). The van der Waals surface area contributed by atoms with Crippen LogP contribution in [-0.2, 0) is 24.7 Å². The third kappa shape index (κ3) is 6.34. The highest BCUT2D eigenvalue weighted by molar-refractivity contribution is 7.14. The Kier molecular flexibility index (Phi) is 8.43. The van der Waals surface area contributed by atoms with Crippen LogP contribution in [0.3, 0.4) is 0 Å². The number of hydrogen-bond donors (Lipinski definition) is 2. The van der Waals surface area contributed by atoms with Crippen LogP contribution in [0, 0.1) is 12.7 Å². The van der Waals surface area contributed by atoms with Crippen molar-refractivity contribution in [3.8, 4) is 16.3 Å². The summed E-state index contributed by atoms with van der Waals surface area (Å²) in [5, 5.41) is 6.27. The van der Waals surface area contributed by atoms with E-state index in [0.29, 0.717) is 34.1 Å². The zero-order valence-corrected chi connectivity index (χ0v) is 26.5. The second kappa shape index (κ2) is 12.4. The molecule has 1 saturated heterocycles. The third-order valence-electron chi connectivity index (χ3n) is 8.45. The number of nitrogens with zero attached hydrogens (tertiary/aromatic N) is 4. The van der Waals surface area contributed by atoms with Crippen molar-refractivity contribution >= 4 is 40.5 Å². The molecule has 1 aliphatic carbocycles. The molecule has 2 amide bonds. The number of anilines is 3. The van der Waals surface area contributed by atoms with Gasteiger partial charge in [0.2, 0.25) is 5.91 Å². The summed E-state index contributed by atoms with van der Waals surface area (Å²) in [6.07, 6.45) is 5.04. The highest BCUT2D eigenvalue weighted by Crippen LogP contribution is 2.35. The van der Waals surface area contributed by atoms with Crippen LogP contribution in [0.1, 0.15) is 40.5 Å². The van der Waals surface area contributed by atoms with Crippen molar-refractivity contribution < 1.29 is 18.7 Å². The fraction of sp³-hybridized carbons (Fsp3) is 0.333. The predicted octanol–water partition coefficient (Wildman–Crippen LogP) is 5.63. The maximum atomic E-state index is 14.9. The summed E-state index contributed by atoms with van der Waals surface area (Å²) >= 11 is 1.47. The van der Waals surface area contributed by atoms with Crippen molar-refractivity contribution in [2.75, 3.05) is 37.8 Å². The van der Waals surface area contributed by atoms with E-state index in [1.807, 2.05) is 30.1 Å². The normalized spacial score (nSPS) is 16.8. The van der Waals surface area contributed by atoms with E-state index < -0.39 is 11.9 Å². The van der Waals surface area contributed by atoms with Gasteiger partial charge in [0.15, 0.2) is 10.9 Å². The number of halogens is 1. The first kappa shape index (κ1) is 30.5. The van der Waals surface area contributed by atoms with E-state index in [0.717, 1.165) is 37.8 Å². The van der Waals surface area contributed by atoms with Crippen LogP contribution >= 0.6 is 11.3 Å². The molecule has 4 aromatic rings. The average molecular weight is 631 g/mol. The molecule has 0 spiro atoms. The summed E-state index contributed by atoms with van der Waals surface area (Å²) in [5.41, 5.74) is 3.86. The lowest BCUT2D eigenvalue weighted by molar-refractivity contribution is -0.139. The first-order valence-electron chi connectivity index (χ1n) is 14.9. The van der Waals surface area contributed by atoms with Gasteiger partial charge in [-0.15, -0.1) is 11.3 Å². The van der Waals surface area contributed by atoms with Crippen molar-refractivity contribution in [1.29, 1.82) is 0 Å². The molecular formula is C33H35FN6O4S. The molecule has 1 aliphatic heterocycles. The van der Waals surface area contributed by atoms with E-state index in [-0.39, 0.29) is 29.0 Å². The topological polar surface area (TPSA) is 109 Å². The third-order valence-corrected chi connectivity index (χ3v) is 9.57. The lowest BCUT2D eigenvalue weighted by atomic mass is 10.00. The van der Waals surface area contributed by atoms with Crippen molar-refractivity contribution in [2.24, 2.45) is 7.05 Å². The number of carbonyl (C=O) groups excluding carboxylic acids is 2. The minimum atomic E-state index is -0.708. The molecule has 2 aromatic heterocycles. The lowest BCUT2D eigenvalue weighted by Crippen LogP contribution is -2.48. The summed E-state index contributed by atoms with van der Waals surface area (Å²) in [4.78, 5) is 48.2. The fourth-order valence-corrected chi connectivity index (χ4v) is 6.96. The van der Waals surface area contributed by atoms with Crippen LogP contribution in [0.5, 0.6) is 5.06 Å². The number of likely N-dealkylation sites (N-methyl/N-ethyl adjacent to an activating group) is 2. The zero-order valence-electron chi connectivity index (χ0n) is 25.6. The second-order valence-corrected chi connectivity index (χ2v) is 12.7. The molecule has 2 N–H and O–H groups in total. The molecular weight excluding hydrogens is 595 g/mol. The molecule has 1 fully saturated rings. The van der Waals surface area contributed by atoms with Gasteiger partial charge in [0.25, 0.3) is 5.56 Å². The van der Waals surface area contributed by atoms with Crippen LogP contribution < -0.4 is 20.9 Å². The maximum absolute atomic E-state index is 14.9. The summed E-state index contributed by atoms with van der Waals surface area (Å²) < 4.78 is 21.8. The Morgan fingerprint density at radius 3 is 2.56 bits per heavy atom. The Morgan fingerprint density at radius 2 is 1.80 bits per heavy atom. The number of nitrogens with one attached hydrogen (secondary N) is 2. The van der Waals surface area contributed by atoms with Crippen LogP contribution in [0.2, 0.25) is 0 Å². The van der Waals surface area contributed by atoms with Gasteiger partial charge in [-0.25, -0.2) is 14.2 Å². The van der Waals surface area contributed by atoms with Crippen molar-refractivity contribution in [3.63, 3.8) is 0 Å². The number of aromatic nitrogens is 2. The number of benzene rings is 2. The van der Waals surface area contributed by atoms with Crippen molar-refractivity contribution in [2.45, 2.75) is 38.6 Å². The molecule has 0 saturated carbocycles. The van der Waals surface area contributed by atoms with E-state index >= 15 is 0 Å². The summed E-state index contributed by atoms with van der Waals surface area (Å²) in [6, 6.07) is 11.4. The van der Waals surface area contributed by atoms with Gasteiger partial charge in [-0.3, -0.25) is 19.8 Å². The number of rotatable bonds is 6. The molecule has 1 unspecified atom stereocenters. The predicted molar refractivity (Wildman–Crippen MR) is 173 cm³/mol. The maximum Gasteiger partial charge on any atom is 0.417 e. The number of ether oxygens (including phenoxy) is 1. The molecule has 0 bridgehead atoms. The molecule has 2 aliphatic rings. The lowest BCUT2D eigenvalue weighted by Gasteiger charge is -2.37. The van der Waals surface area contributed by atoms with Crippen molar-refractivity contribution in [3.05, 3.63) is 86.4 Å². The van der Waals surface area contributed by atoms with Crippen LogP contribution in [0.4, 0.5) is 26.4 Å². The SMILES string of the molecule is Cc1c(NC(=O)Oc2cc3c(s2)CCCC3)cc(F)cc1-c1cn(C)c(=O)c(Nc2ccc(C3C(=O)N(C)CCN3C)cc2)n1. The quantitative estimate of drug-likeness (QED) is 0.284. The van der Waals surface area contributed by atoms with Gasteiger partial charge in [-0.05, 0) is 86.7 Å². The van der Waals surface area contributed by atoms with E-state index in [9.17, 15) is 18.8 Å². The number of amides is 2. The average Bonchev–Trinajstić information content (AvgIpc) is 3.42. The number of carbonyl (C=O) groups is 2. The zero-order chi connectivity index (χ0) is 31.8. The minimum Gasteiger partial charge on any atom is -0.399 e. The number of thiophene rings is 1. The van der Waals surface area contributed by atoms with Gasteiger partial charge < -0.3 is 19.5 Å². The fourth-order valence-electron chi connectivity index (χ4n) is 5.86. The molecule has 10 nitrogen and oxygen atoms in total. The molecule has 3 heterocycles. The van der Waals surface area contributed by atoms with Crippen LogP contribution in [-0.4, -0.2) is 58.5 Å². The highest BCUT2D eigenvalue weighted by atomic mass is 32.1. The largest absolute Gasteiger partial charge is 0.417 e. The first-order valence-corrected chi connectivity index (χ1v) is 15.7. The first-order chi connectivity index (χ1) is 21.6. The number of hydrogen-bond acceptors (Lipinski definition) is 8. The van der Waals surface area contributed by atoms with Gasteiger partial charge in [-0.2, -0.15) is 0 Å². The van der Waals surface area contributed by atoms with Crippen molar-refractivity contribution in [1.82, 2.24) is 19.4 Å². The van der Waals surface area contributed by atoms with E-state index in [1.165, 1.54) is 44.7 Å². The Hall–Kier alpha value is -4.55. The molecule has 45 heavy (non-hydrogen) atoms. The summed E-state index contributed by atoms with van der Waals surface area (Å²) in [5.74, 6) is -0.496. The summed E-state index contributed by atoms with van der Waals surface area (Å²) in [7, 11) is 5.32. The van der Waals surface area contributed by atoms with Gasteiger partial charge in [0.1, 0.15) is 11.9 Å². The second-order valence-electron chi connectivity index (χ2n) is 11.6. The Labute approximate surface area is 264 Å². The van der Waals surface area contributed by atoms with Gasteiger partial charge in [-0.1, -0.05) is 12.1 Å². The molecule has 1 atom stereocenters. The molecule has 12 heteroatoms. The smallest absolute Gasteiger partial charge is 0.399 e. The Bertz CT molecular complexity index is 1810. The van der Waals surface area contributed by atoms with E-state index in [1.54, 1.807) is 38.1 Å². The van der Waals surface area contributed by atoms with Crippen LogP contribution in [0.15, 0.2) is 53.5 Å². The van der Waals surface area contributed by atoms with Crippen LogP contribution in [0.25, 0.3) is 11.3 Å². The molecule has 2 aromatic carbocycles. The van der Waals surface area contributed by atoms with E-state index in [4.69, 9.17) is 4.74 Å². The van der Waals surface area contributed by atoms with Gasteiger partial charge >= 0.3 is 6.09 Å². The highest BCUT2D eigenvalue weighted by Gasteiger charge is 2.32. The van der Waals surface area contributed by atoms with Gasteiger partial charge in [0.05, 0.1) is 11.4 Å². The Morgan fingerprint density at radius 1 is 1.04 bits per heavy atom. The molecule has 234 valence electrons. The minimum absolute atomic E-state index is 0.0329. The summed E-state index contributed by atoms with van der Waals surface area (Å²) in [6.45, 7) is 3.20. The van der Waals surface area contributed by atoms with Gasteiger partial charge in [0, 0.05) is 49.5 Å². The molecule has 6 rings (SSSR count). The Balaban J connectivity index is 1.23. The number of fused-ring (bicyclic) bond motifs is 1. The van der Waals surface area contributed by atoms with E-state index in [2.05, 4.69) is 15.6 Å². The number of piperazine rings is 1. The number of aryl methyl sites for hydroxylation is 3. The monoisotopic (exact) mass is 630 g/mol. The molecule has 0 radical (unpaired) electrons.